The van der Waals surface area contributed by atoms with E-state index in [1.807, 2.05) is 41.9 Å². The summed E-state index contributed by atoms with van der Waals surface area (Å²) in [4.78, 5) is 14.6. The zero-order chi connectivity index (χ0) is 21.2. The minimum Gasteiger partial charge on any atom is -0.368 e. The molecule has 1 atom stereocenters. The zero-order valence-electron chi connectivity index (χ0n) is 16.6. The van der Waals surface area contributed by atoms with E-state index in [0.29, 0.717) is 24.7 Å². The highest BCUT2D eigenvalue weighted by molar-refractivity contribution is 5.63. The van der Waals surface area contributed by atoms with Crippen LogP contribution in [0.3, 0.4) is 0 Å². The maximum atomic E-state index is 13.3. The Kier molecular flexibility index (Phi) is 5.82. The maximum Gasteiger partial charge on any atom is 0.417 e. The summed E-state index contributed by atoms with van der Waals surface area (Å²) in [5.41, 5.74) is -0.896. The molecule has 1 aliphatic heterocycles. The molecule has 0 bridgehead atoms. The predicted molar refractivity (Wildman–Crippen MR) is 106 cm³/mol. The Morgan fingerprint density at radius 2 is 1.97 bits per heavy atom. The van der Waals surface area contributed by atoms with E-state index in [1.54, 1.807) is 18.3 Å². The van der Waals surface area contributed by atoms with Gasteiger partial charge in [0, 0.05) is 46.5 Å². The number of anilines is 3. The van der Waals surface area contributed by atoms with E-state index in [1.165, 1.54) is 6.07 Å². The second-order valence-corrected chi connectivity index (χ2v) is 7.27. The first-order chi connectivity index (χ1) is 13.7. The van der Waals surface area contributed by atoms with Crippen molar-refractivity contribution in [2.75, 3.05) is 48.9 Å². The van der Waals surface area contributed by atoms with Gasteiger partial charge in [0.1, 0.15) is 11.9 Å². The second-order valence-electron chi connectivity index (χ2n) is 7.27. The third-order valence-corrected chi connectivity index (χ3v) is 5.15. The molecule has 0 N–H and O–H groups in total. The lowest BCUT2D eigenvalue weighted by molar-refractivity contribution is -0.137. The van der Waals surface area contributed by atoms with Crippen molar-refractivity contribution >= 4 is 17.5 Å². The zero-order valence-corrected chi connectivity index (χ0v) is 16.6. The van der Waals surface area contributed by atoms with Gasteiger partial charge < -0.3 is 14.7 Å². The van der Waals surface area contributed by atoms with Crippen LogP contribution in [-0.4, -0.2) is 50.2 Å². The van der Waals surface area contributed by atoms with Crippen molar-refractivity contribution in [3.05, 3.63) is 41.6 Å². The molecule has 2 heterocycles. The van der Waals surface area contributed by atoms with Crippen LogP contribution in [0, 0.1) is 11.3 Å². The average Bonchev–Trinajstić information content (AvgIpc) is 2.72. The van der Waals surface area contributed by atoms with Crippen molar-refractivity contribution in [3.63, 3.8) is 0 Å². The molecular weight excluding hydrogens is 381 g/mol. The summed E-state index contributed by atoms with van der Waals surface area (Å²) in [5.74, 6) is 1.34. The summed E-state index contributed by atoms with van der Waals surface area (Å²) in [5, 5.41) is 9.42. The third kappa shape index (κ3) is 4.36. The number of likely N-dealkylation sites (N-methyl/N-ethyl adjacent to an activating group) is 1. The normalized spacial score (nSPS) is 17.0. The van der Waals surface area contributed by atoms with E-state index in [-0.39, 0.29) is 11.6 Å². The molecule has 1 fully saturated rings. The SMILES string of the molecule is CN(C)c1ccnc(N(C)C2CCCN(c3cccc(C(F)(F)F)c3C#N)C2)n1. The maximum absolute atomic E-state index is 13.3. The average molecular weight is 404 g/mol. The summed E-state index contributed by atoms with van der Waals surface area (Å²) in [7, 11) is 5.68. The van der Waals surface area contributed by atoms with Gasteiger partial charge in [0.25, 0.3) is 0 Å². The Morgan fingerprint density at radius 3 is 2.62 bits per heavy atom. The van der Waals surface area contributed by atoms with Crippen LogP contribution in [0.1, 0.15) is 24.0 Å². The van der Waals surface area contributed by atoms with Gasteiger partial charge in [-0.1, -0.05) is 6.07 Å². The molecule has 9 heteroatoms. The molecule has 6 nitrogen and oxygen atoms in total. The first-order valence-corrected chi connectivity index (χ1v) is 9.31. The number of nitriles is 1. The van der Waals surface area contributed by atoms with Gasteiger partial charge >= 0.3 is 6.18 Å². The summed E-state index contributed by atoms with van der Waals surface area (Å²) in [6.07, 6.45) is -1.21. The number of halogens is 3. The molecule has 154 valence electrons. The molecule has 1 saturated heterocycles. The van der Waals surface area contributed by atoms with Crippen molar-refractivity contribution in [1.82, 2.24) is 9.97 Å². The van der Waals surface area contributed by atoms with E-state index in [0.717, 1.165) is 24.7 Å². The minimum atomic E-state index is -4.56. The Labute approximate surface area is 168 Å². The molecule has 0 amide bonds. The minimum absolute atomic E-state index is 0.0160. The second kappa shape index (κ2) is 8.15. The van der Waals surface area contributed by atoms with Crippen LogP contribution in [-0.2, 0) is 6.18 Å². The van der Waals surface area contributed by atoms with Crippen LogP contribution in [0.2, 0.25) is 0 Å². The van der Waals surface area contributed by atoms with Crippen LogP contribution in [0.15, 0.2) is 30.5 Å². The Bertz CT molecular complexity index is 906. The lowest BCUT2D eigenvalue weighted by Gasteiger charge is -2.39. The molecule has 1 aromatic carbocycles. The van der Waals surface area contributed by atoms with Crippen LogP contribution in [0.25, 0.3) is 0 Å². The number of nitrogens with zero attached hydrogens (tertiary/aromatic N) is 6. The smallest absolute Gasteiger partial charge is 0.368 e. The number of rotatable bonds is 4. The molecule has 0 saturated carbocycles. The molecule has 3 rings (SSSR count). The van der Waals surface area contributed by atoms with Gasteiger partial charge in [0.15, 0.2) is 0 Å². The van der Waals surface area contributed by atoms with E-state index in [9.17, 15) is 18.4 Å². The highest BCUT2D eigenvalue weighted by Crippen LogP contribution is 2.37. The van der Waals surface area contributed by atoms with E-state index >= 15 is 0 Å². The van der Waals surface area contributed by atoms with Crippen LogP contribution < -0.4 is 14.7 Å². The molecule has 1 unspecified atom stereocenters. The van der Waals surface area contributed by atoms with Crippen molar-refractivity contribution in [3.8, 4) is 6.07 Å². The summed E-state index contributed by atoms with van der Waals surface area (Å²) in [6, 6.07) is 7.48. The molecule has 1 aromatic heterocycles. The van der Waals surface area contributed by atoms with Gasteiger partial charge in [-0.2, -0.15) is 23.4 Å². The van der Waals surface area contributed by atoms with Crippen molar-refractivity contribution in [2.24, 2.45) is 0 Å². The third-order valence-electron chi connectivity index (χ3n) is 5.15. The van der Waals surface area contributed by atoms with Crippen LogP contribution in [0.4, 0.5) is 30.6 Å². The fraction of sp³-hybridized carbons (Fsp3) is 0.450. The molecule has 0 aliphatic carbocycles. The monoisotopic (exact) mass is 404 g/mol. The number of aromatic nitrogens is 2. The van der Waals surface area contributed by atoms with E-state index in [2.05, 4.69) is 9.97 Å². The van der Waals surface area contributed by atoms with Gasteiger partial charge in [0.05, 0.1) is 16.8 Å². The molecule has 0 spiro atoms. The Morgan fingerprint density at radius 1 is 1.21 bits per heavy atom. The molecule has 0 radical (unpaired) electrons. The summed E-state index contributed by atoms with van der Waals surface area (Å²) < 4.78 is 39.9. The van der Waals surface area contributed by atoms with Crippen molar-refractivity contribution in [2.45, 2.75) is 25.1 Å². The molecule has 29 heavy (non-hydrogen) atoms. The Hall–Kier alpha value is -3.02. The quantitative estimate of drug-likeness (QED) is 0.777. The highest BCUT2D eigenvalue weighted by Gasteiger charge is 2.36. The first-order valence-electron chi connectivity index (χ1n) is 9.31. The molecule has 1 aliphatic rings. The van der Waals surface area contributed by atoms with Crippen LogP contribution >= 0.6 is 0 Å². The molecular formula is C20H23F3N6. The van der Waals surface area contributed by atoms with Crippen LogP contribution in [0.5, 0.6) is 0 Å². The number of hydrogen-bond donors (Lipinski definition) is 0. The van der Waals surface area contributed by atoms with E-state index in [4.69, 9.17) is 0 Å². The van der Waals surface area contributed by atoms with Gasteiger partial charge in [-0.05, 0) is 31.0 Å². The topological polar surface area (TPSA) is 59.3 Å². The molecule has 2 aromatic rings. The fourth-order valence-electron chi connectivity index (χ4n) is 3.57. The van der Waals surface area contributed by atoms with Gasteiger partial charge in [0.2, 0.25) is 5.95 Å². The number of piperidine rings is 1. The summed E-state index contributed by atoms with van der Waals surface area (Å²) >= 11 is 0. The highest BCUT2D eigenvalue weighted by atomic mass is 19.4. The summed E-state index contributed by atoms with van der Waals surface area (Å²) in [6.45, 7) is 1.08. The first kappa shape index (κ1) is 20.7. The standard InChI is InChI=1S/C20H23F3N6/c1-27(2)18-9-10-25-19(26-18)28(3)14-6-5-11-29(13-14)17-8-4-7-16(15(17)12-24)20(21,22)23/h4,7-10,14H,5-6,11,13H2,1-3H3. The Balaban J connectivity index is 1.87. The van der Waals surface area contributed by atoms with Gasteiger partial charge in [-0.15, -0.1) is 0 Å². The number of hydrogen-bond acceptors (Lipinski definition) is 6. The lowest BCUT2D eigenvalue weighted by Crippen LogP contribution is -2.47. The van der Waals surface area contributed by atoms with E-state index < -0.39 is 11.7 Å². The van der Waals surface area contributed by atoms with Gasteiger partial charge in [-0.3, -0.25) is 0 Å². The van der Waals surface area contributed by atoms with Crippen molar-refractivity contribution < 1.29 is 13.2 Å². The number of alkyl halides is 3. The lowest BCUT2D eigenvalue weighted by atomic mass is 10.00. The van der Waals surface area contributed by atoms with Gasteiger partial charge in [-0.25, -0.2) is 4.98 Å². The predicted octanol–water partition coefficient (Wildman–Crippen LogP) is 3.54. The van der Waals surface area contributed by atoms with Crippen molar-refractivity contribution in [1.29, 1.82) is 5.26 Å². The largest absolute Gasteiger partial charge is 0.417 e. The number of benzene rings is 1. The fourth-order valence-corrected chi connectivity index (χ4v) is 3.57.